The zero-order chi connectivity index (χ0) is 20.0. The number of aromatic carboxylic acids is 1. The van der Waals surface area contributed by atoms with Crippen LogP contribution >= 0.6 is 11.6 Å². The summed E-state index contributed by atoms with van der Waals surface area (Å²) in [6.45, 7) is 2.04. The normalized spacial score (nSPS) is 14.0. The molecule has 0 saturated carbocycles. The van der Waals surface area contributed by atoms with E-state index in [1.807, 2.05) is 31.2 Å². The summed E-state index contributed by atoms with van der Waals surface area (Å²) in [6.07, 6.45) is 0. The topological polar surface area (TPSA) is 91.6 Å². The Hall–Kier alpha value is -3.32. The average molecular weight is 398 g/mol. The van der Waals surface area contributed by atoms with E-state index in [9.17, 15) is 19.5 Å². The molecule has 1 fully saturated rings. The van der Waals surface area contributed by atoms with E-state index in [2.05, 4.69) is 5.32 Å². The molecule has 0 unspecified atom stereocenters. The van der Waals surface area contributed by atoms with Crippen molar-refractivity contribution in [2.75, 3.05) is 11.4 Å². The minimum atomic E-state index is -1.23. The fraction of sp³-hybridized carbons (Fsp3) is 0.150. The number of aryl methyl sites for hydroxylation is 1. The molecule has 142 valence electrons. The summed E-state index contributed by atoms with van der Waals surface area (Å²) < 4.78 is 1.59. The van der Waals surface area contributed by atoms with Crippen molar-refractivity contribution >= 4 is 46.1 Å². The Morgan fingerprint density at radius 3 is 2.64 bits per heavy atom. The van der Waals surface area contributed by atoms with Crippen LogP contribution in [0.3, 0.4) is 0 Å². The van der Waals surface area contributed by atoms with Gasteiger partial charge in [-0.25, -0.2) is 14.5 Å². The number of aromatic nitrogens is 1. The Bertz CT molecular complexity index is 1140. The van der Waals surface area contributed by atoms with Crippen LogP contribution < -0.4 is 10.2 Å². The molecule has 0 aliphatic carbocycles. The highest BCUT2D eigenvalue weighted by molar-refractivity contribution is 6.32. The molecule has 2 N–H and O–H groups in total. The first-order chi connectivity index (χ1) is 13.4. The lowest BCUT2D eigenvalue weighted by atomic mass is 10.1. The predicted octanol–water partition coefficient (Wildman–Crippen LogP) is 3.41. The number of amides is 3. The third-order valence-electron chi connectivity index (χ3n) is 4.69. The Morgan fingerprint density at radius 2 is 2.00 bits per heavy atom. The number of urea groups is 1. The number of anilines is 1. The van der Waals surface area contributed by atoms with E-state index in [0.29, 0.717) is 15.9 Å². The number of fused-ring (bicyclic) bond motifs is 1. The highest BCUT2D eigenvalue weighted by atomic mass is 35.5. The van der Waals surface area contributed by atoms with Gasteiger partial charge in [-0.2, -0.15) is 0 Å². The van der Waals surface area contributed by atoms with E-state index in [0.717, 1.165) is 16.0 Å². The van der Waals surface area contributed by atoms with Crippen molar-refractivity contribution in [3.05, 3.63) is 64.3 Å². The number of hydrogen-bond acceptors (Lipinski definition) is 3. The Morgan fingerprint density at radius 1 is 1.21 bits per heavy atom. The molecule has 1 aliphatic rings. The lowest BCUT2D eigenvalue weighted by molar-refractivity contribution is -0.115. The summed E-state index contributed by atoms with van der Waals surface area (Å²) >= 11 is 6.13. The molecule has 0 atom stereocenters. The SMILES string of the molecule is Cc1cccc(Cn2c(C(=O)O)c(N3C(=O)CNC3=O)c3cc(Cl)ccc32)c1. The molecule has 2 aromatic carbocycles. The number of rotatable bonds is 4. The minimum absolute atomic E-state index is 0.0395. The van der Waals surface area contributed by atoms with Crippen molar-refractivity contribution in [1.82, 2.24) is 9.88 Å². The molecular weight excluding hydrogens is 382 g/mol. The molecule has 28 heavy (non-hydrogen) atoms. The first-order valence-electron chi connectivity index (χ1n) is 8.58. The van der Waals surface area contributed by atoms with Crippen LogP contribution in [-0.2, 0) is 11.3 Å². The number of hydrogen-bond donors (Lipinski definition) is 2. The summed E-state index contributed by atoms with van der Waals surface area (Å²) in [5, 5.41) is 13.2. The monoisotopic (exact) mass is 397 g/mol. The number of nitrogens with one attached hydrogen (secondary N) is 1. The Labute approximate surface area is 165 Å². The summed E-state index contributed by atoms with van der Waals surface area (Å²) in [7, 11) is 0. The maximum atomic E-state index is 12.3. The number of carboxylic acid groups (broad SMARTS) is 1. The van der Waals surface area contributed by atoms with Gasteiger partial charge in [0.1, 0.15) is 0 Å². The lowest BCUT2D eigenvalue weighted by Crippen LogP contribution is -2.32. The molecule has 7 nitrogen and oxygen atoms in total. The van der Waals surface area contributed by atoms with E-state index in [1.165, 1.54) is 0 Å². The minimum Gasteiger partial charge on any atom is -0.477 e. The summed E-state index contributed by atoms with van der Waals surface area (Å²) in [5.41, 5.74) is 2.42. The fourth-order valence-electron chi connectivity index (χ4n) is 3.56. The van der Waals surface area contributed by atoms with Gasteiger partial charge in [0.2, 0.25) is 0 Å². The molecule has 1 saturated heterocycles. The molecule has 8 heteroatoms. The molecular formula is C20H16ClN3O4. The number of imide groups is 1. The van der Waals surface area contributed by atoms with Gasteiger partial charge in [-0.3, -0.25) is 4.79 Å². The highest BCUT2D eigenvalue weighted by Crippen LogP contribution is 2.37. The van der Waals surface area contributed by atoms with Crippen molar-refractivity contribution in [2.24, 2.45) is 0 Å². The van der Waals surface area contributed by atoms with Gasteiger partial charge in [0.25, 0.3) is 5.91 Å². The van der Waals surface area contributed by atoms with Crippen molar-refractivity contribution < 1.29 is 19.5 Å². The maximum Gasteiger partial charge on any atom is 0.354 e. The van der Waals surface area contributed by atoms with Gasteiger partial charge in [0.15, 0.2) is 5.69 Å². The molecule has 0 spiro atoms. The van der Waals surface area contributed by atoms with Gasteiger partial charge < -0.3 is 15.0 Å². The van der Waals surface area contributed by atoms with Gasteiger partial charge in [0.05, 0.1) is 17.7 Å². The third kappa shape index (κ3) is 2.90. The van der Waals surface area contributed by atoms with Crippen molar-refractivity contribution in [1.29, 1.82) is 0 Å². The van der Waals surface area contributed by atoms with Crippen molar-refractivity contribution in [2.45, 2.75) is 13.5 Å². The van der Waals surface area contributed by atoms with Crippen LogP contribution in [-0.4, -0.2) is 34.1 Å². The Balaban J connectivity index is 2.01. The van der Waals surface area contributed by atoms with Gasteiger partial charge in [0, 0.05) is 17.0 Å². The van der Waals surface area contributed by atoms with Crippen LogP contribution in [0.5, 0.6) is 0 Å². The first-order valence-corrected chi connectivity index (χ1v) is 8.96. The van der Waals surface area contributed by atoms with Crippen LogP contribution in [0.1, 0.15) is 21.6 Å². The largest absolute Gasteiger partial charge is 0.477 e. The number of benzene rings is 2. The van der Waals surface area contributed by atoms with Gasteiger partial charge in [-0.1, -0.05) is 41.4 Å². The number of carbonyl (C=O) groups excluding carboxylic acids is 2. The van der Waals surface area contributed by atoms with Crippen molar-refractivity contribution in [3.8, 4) is 0 Å². The van der Waals surface area contributed by atoms with Crippen LogP contribution in [0.2, 0.25) is 5.02 Å². The molecule has 3 amide bonds. The standard InChI is InChI=1S/C20H16ClN3O4/c1-11-3-2-4-12(7-11)10-23-15-6-5-13(21)8-14(15)17(18(23)19(26)27)24-16(25)9-22-20(24)28/h2-8H,9-10H2,1H3,(H,22,28)(H,26,27). The van der Waals surface area contributed by atoms with Gasteiger partial charge in [-0.15, -0.1) is 0 Å². The summed E-state index contributed by atoms with van der Waals surface area (Å²) in [6, 6.07) is 12.0. The lowest BCUT2D eigenvalue weighted by Gasteiger charge is -2.14. The summed E-state index contributed by atoms with van der Waals surface area (Å²) in [5.74, 6) is -1.75. The second-order valence-corrected chi connectivity index (χ2v) is 7.06. The van der Waals surface area contributed by atoms with E-state index >= 15 is 0 Å². The smallest absolute Gasteiger partial charge is 0.354 e. The van der Waals surface area contributed by atoms with Crippen molar-refractivity contribution in [3.63, 3.8) is 0 Å². The molecule has 2 heterocycles. The molecule has 4 rings (SSSR count). The van der Waals surface area contributed by atoms with E-state index < -0.39 is 17.9 Å². The van der Waals surface area contributed by atoms with E-state index in [4.69, 9.17) is 11.6 Å². The quantitative estimate of drug-likeness (QED) is 0.660. The van der Waals surface area contributed by atoms with E-state index in [-0.39, 0.29) is 24.5 Å². The van der Waals surface area contributed by atoms with Gasteiger partial charge >= 0.3 is 12.0 Å². The van der Waals surface area contributed by atoms with Crippen LogP contribution in [0.4, 0.5) is 10.5 Å². The van der Waals surface area contributed by atoms with Gasteiger partial charge in [-0.05, 0) is 30.7 Å². The predicted molar refractivity (Wildman–Crippen MR) is 105 cm³/mol. The second kappa shape index (κ2) is 6.69. The van der Waals surface area contributed by atoms with E-state index in [1.54, 1.807) is 22.8 Å². The van der Waals surface area contributed by atoms with Crippen LogP contribution in [0.25, 0.3) is 10.9 Å². The molecule has 3 aromatic rings. The van der Waals surface area contributed by atoms with Crippen LogP contribution in [0.15, 0.2) is 42.5 Å². The zero-order valence-corrected chi connectivity index (χ0v) is 15.7. The molecule has 1 aromatic heterocycles. The molecule has 0 radical (unpaired) electrons. The average Bonchev–Trinajstić information content (AvgIpc) is 3.11. The zero-order valence-electron chi connectivity index (χ0n) is 14.9. The number of carbonyl (C=O) groups is 3. The molecule has 1 aliphatic heterocycles. The first kappa shape index (κ1) is 18.1. The van der Waals surface area contributed by atoms with Crippen LogP contribution in [0, 0.1) is 6.92 Å². The third-order valence-corrected chi connectivity index (χ3v) is 4.93. The highest BCUT2D eigenvalue weighted by Gasteiger charge is 2.37. The fourth-order valence-corrected chi connectivity index (χ4v) is 3.73. The second-order valence-electron chi connectivity index (χ2n) is 6.63. The number of carboxylic acids is 1. The summed E-state index contributed by atoms with van der Waals surface area (Å²) in [4.78, 5) is 37.7. The number of nitrogens with zero attached hydrogens (tertiary/aromatic N) is 2. The Kier molecular flexibility index (Phi) is 4.31. The number of halogens is 1. The molecule has 0 bridgehead atoms. The maximum absolute atomic E-state index is 12.3.